The SMILES string of the molecule is O=C1CCC(c2ccccc2NC(=O)CSCc2ccccc2)NN1. The van der Waals surface area contributed by atoms with Crippen LogP contribution in [0.3, 0.4) is 0 Å². The van der Waals surface area contributed by atoms with E-state index in [0.29, 0.717) is 18.6 Å². The number of benzene rings is 2. The van der Waals surface area contributed by atoms with Gasteiger partial charge in [-0.1, -0.05) is 48.5 Å². The average Bonchev–Trinajstić information content (AvgIpc) is 2.64. The molecule has 1 aliphatic heterocycles. The molecule has 130 valence electrons. The number of anilines is 1. The van der Waals surface area contributed by atoms with Crippen molar-refractivity contribution in [2.45, 2.75) is 24.6 Å². The zero-order chi connectivity index (χ0) is 17.5. The number of amides is 2. The Morgan fingerprint density at radius 3 is 2.64 bits per heavy atom. The third-order valence-electron chi connectivity index (χ3n) is 4.00. The molecule has 5 nitrogen and oxygen atoms in total. The van der Waals surface area contributed by atoms with Crippen LogP contribution >= 0.6 is 11.8 Å². The monoisotopic (exact) mass is 355 g/mol. The highest BCUT2D eigenvalue weighted by molar-refractivity contribution is 7.99. The minimum atomic E-state index is -0.0202. The first-order valence-corrected chi connectivity index (χ1v) is 9.42. The number of hydrogen-bond donors (Lipinski definition) is 3. The van der Waals surface area contributed by atoms with E-state index in [9.17, 15) is 9.59 Å². The molecule has 0 bridgehead atoms. The Balaban J connectivity index is 1.55. The number of carbonyl (C=O) groups is 2. The van der Waals surface area contributed by atoms with Gasteiger partial charge in [-0.2, -0.15) is 0 Å². The topological polar surface area (TPSA) is 70.2 Å². The second-order valence-corrected chi connectivity index (χ2v) is 6.88. The summed E-state index contributed by atoms with van der Waals surface area (Å²) in [7, 11) is 0. The molecule has 3 N–H and O–H groups in total. The normalized spacial score (nSPS) is 17.0. The van der Waals surface area contributed by atoms with Gasteiger partial charge in [-0.25, -0.2) is 5.43 Å². The molecule has 0 saturated carbocycles. The van der Waals surface area contributed by atoms with E-state index in [1.807, 2.05) is 42.5 Å². The van der Waals surface area contributed by atoms with Crippen LogP contribution in [0, 0.1) is 0 Å². The van der Waals surface area contributed by atoms with Gasteiger partial charge in [0, 0.05) is 17.9 Å². The Hall–Kier alpha value is -2.31. The first kappa shape index (κ1) is 17.5. The molecule has 0 aliphatic carbocycles. The number of hydrazine groups is 1. The largest absolute Gasteiger partial charge is 0.325 e. The smallest absolute Gasteiger partial charge is 0.234 e. The van der Waals surface area contributed by atoms with E-state index in [-0.39, 0.29) is 17.9 Å². The molecular formula is C19H21N3O2S. The van der Waals surface area contributed by atoms with Crippen molar-refractivity contribution in [3.05, 3.63) is 65.7 Å². The highest BCUT2D eigenvalue weighted by atomic mass is 32.2. The van der Waals surface area contributed by atoms with Crippen LogP contribution in [0.2, 0.25) is 0 Å². The fourth-order valence-electron chi connectivity index (χ4n) is 2.75. The van der Waals surface area contributed by atoms with E-state index in [2.05, 4.69) is 28.3 Å². The summed E-state index contributed by atoms with van der Waals surface area (Å²) in [6, 6.07) is 17.8. The molecule has 2 amide bonds. The van der Waals surface area contributed by atoms with E-state index in [1.165, 1.54) is 5.56 Å². The van der Waals surface area contributed by atoms with Crippen molar-refractivity contribution >= 4 is 29.3 Å². The zero-order valence-corrected chi connectivity index (χ0v) is 14.6. The Kier molecular flexibility index (Phi) is 6.09. The molecule has 1 unspecified atom stereocenters. The highest BCUT2D eigenvalue weighted by Gasteiger charge is 2.21. The molecule has 1 heterocycles. The molecule has 1 atom stereocenters. The standard InChI is InChI=1S/C19H21N3O2S/c23-18-11-10-17(21-22-18)15-8-4-5-9-16(15)20-19(24)13-25-12-14-6-2-1-3-7-14/h1-9,17,21H,10-13H2,(H,20,24)(H,22,23). The summed E-state index contributed by atoms with van der Waals surface area (Å²) < 4.78 is 0. The van der Waals surface area contributed by atoms with Crippen LogP contribution in [0.1, 0.15) is 30.0 Å². The third-order valence-corrected chi connectivity index (χ3v) is 5.00. The van der Waals surface area contributed by atoms with E-state index < -0.39 is 0 Å². The fourth-order valence-corrected chi connectivity index (χ4v) is 3.54. The Bertz CT molecular complexity index is 726. The number of para-hydroxylation sites is 1. The molecule has 2 aromatic rings. The summed E-state index contributed by atoms with van der Waals surface area (Å²) in [4.78, 5) is 23.6. The van der Waals surface area contributed by atoms with Crippen LogP contribution in [-0.2, 0) is 15.3 Å². The maximum atomic E-state index is 12.3. The maximum Gasteiger partial charge on any atom is 0.234 e. The summed E-state index contributed by atoms with van der Waals surface area (Å²) in [6.07, 6.45) is 1.19. The van der Waals surface area contributed by atoms with Crippen LogP contribution in [-0.4, -0.2) is 17.6 Å². The Labute approximate surface area is 151 Å². The van der Waals surface area contributed by atoms with E-state index >= 15 is 0 Å². The predicted octanol–water partition coefficient (Wildman–Crippen LogP) is 3.01. The van der Waals surface area contributed by atoms with Crippen molar-refractivity contribution < 1.29 is 9.59 Å². The maximum absolute atomic E-state index is 12.3. The minimum Gasteiger partial charge on any atom is -0.325 e. The molecule has 0 aromatic heterocycles. The summed E-state index contributed by atoms with van der Waals surface area (Å²) in [5.41, 5.74) is 8.66. The second kappa shape index (κ2) is 8.69. The lowest BCUT2D eigenvalue weighted by Crippen LogP contribution is -2.44. The molecule has 1 fully saturated rings. The molecular weight excluding hydrogens is 334 g/mol. The summed E-state index contributed by atoms with van der Waals surface area (Å²) in [5.74, 6) is 1.19. The van der Waals surface area contributed by atoms with Crippen LogP contribution in [0.5, 0.6) is 0 Å². The number of carbonyl (C=O) groups excluding carboxylic acids is 2. The highest BCUT2D eigenvalue weighted by Crippen LogP contribution is 2.27. The van der Waals surface area contributed by atoms with Gasteiger partial charge in [0.05, 0.1) is 11.8 Å². The molecule has 0 spiro atoms. The molecule has 3 rings (SSSR count). The fraction of sp³-hybridized carbons (Fsp3) is 0.263. The van der Waals surface area contributed by atoms with Gasteiger partial charge < -0.3 is 5.32 Å². The van der Waals surface area contributed by atoms with Crippen LogP contribution in [0.4, 0.5) is 5.69 Å². The number of thioether (sulfide) groups is 1. The first-order valence-electron chi connectivity index (χ1n) is 8.27. The predicted molar refractivity (Wildman–Crippen MR) is 101 cm³/mol. The van der Waals surface area contributed by atoms with Crippen LogP contribution in [0.15, 0.2) is 54.6 Å². The molecule has 25 heavy (non-hydrogen) atoms. The van der Waals surface area contributed by atoms with Crippen molar-refractivity contribution in [1.82, 2.24) is 10.9 Å². The lowest BCUT2D eigenvalue weighted by Gasteiger charge is -2.26. The third kappa shape index (κ3) is 5.08. The quantitative estimate of drug-likeness (QED) is 0.745. The van der Waals surface area contributed by atoms with Crippen LogP contribution < -0.4 is 16.2 Å². The average molecular weight is 355 g/mol. The molecule has 1 aliphatic rings. The molecule has 0 radical (unpaired) electrons. The summed E-state index contributed by atoms with van der Waals surface area (Å²) in [5, 5.41) is 2.99. The van der Waals surface area contributed by atoms with Crippen molar-refractivity contribution in [2.24, 2.45) is 0 Å². The lowest BCUT2D eigenvalue weighted by molar-refractivity contribution is -0.124. The number of nitrogens with one attached hydrogen (secondary N) is 3. The lowest BCUT2D eigenvalue weighted by atomic mass is 9.99. The van der Waals surface area contributed by atoms with Gasteiger partial charge in [-0.3, -0.25) is 15.0 Å². The molecule has 2 aromatic carbocycles. The Morgan fingerprint density at radius 2 is 1.88 bits per heavy atom. The zero-order valence-electron chi connectivity index (χ0n) is 13.8. The van der Waals surface area contributed by atoms with Gasteiger partial charge in [0.25, 0.3) is 0 Å². The van der Waals surface area contributed by atoms with E-state index in [1.54, 1.807) is 11.8 Å². The molecule has 6 heteroatoms. The van der Waals surface area contributed by atoms with Crippen molar-refractivity contribution in [1.29, 1.82) is 0 Å². The van der Waals surface area contributed by atoms with Gasteiger partial charge in [0.2, 0.25) is 11.8 Å². The van der Waals surface area contributed by atoms with Crippen molar-refractivity contribution in [3.8, 4) is 0 Å². The van der Waals surface area contributed by atoms with E-state index in [0.717, 1.165) is 17.0 Å². The summed E-state index contributed by atoms with van der Waals surface area (Å²) >= 11 is 1.59. The Morgan fingerprint density at radius 1 is 1.12 bits per heavy atom. The van der Waals surface area contributed by atoms with Crippen LogP contribution in [0.25, 0.3) is 0 Å². The van der Waals surface area contributed by atoms with Gasteiger partial charge in [0.1, 0.15) is 0 Å². The van der Waals surface area contributed by atoms with Gasteiger partial charge in [0.15, 0.2) is 0 Å². The van der Waals surface area contributed by atoms with Crippen molar-refractivity contribution in [2.75, 3.05) is 11.1 Å². The van der Waals surface area contributed by atoms with Crippen molar-refractivity contribution in [3.63, 3.8) is 0 Å². The van der Waals surface area contributed by atoms with E-state index in [4.69, 9.17) is 0 Å². The minimum absolute atomic E-state index is 0.00456. The van der Waals surface area contributed by atoms with Gasteiger partial charge in [-0.05, 0) is 23.6 Å². The number of rotatable bonds is 6. The summed E-state index contributed by atoms with van der Waals surface area (Å²) in [6.45, 7) is 0. The van der Waals surface area contributed by atoms with Gasteiger partial charge in [-0.15, -0.1) is 11.8 Å². The second-order valence-electron chi connectivity index (χ2n) is 5.90. The first-order chi connectivity index (χ1) is 12.2. The number of hydrogen-bond acceptors (Lipinski definition) is 4. The van der Waals surface area contributed by atoms with Gasteiger partial charge >= 0.3 is 0 Å². The molecule has 1 saturated heterocycles.